The van der Waals surface area contributed by atoms with Gasteiger partial charge in [-0.15, -0.1) is 18.5 Å². The largest absolute Gasteiger partial charge is 0.344 e. The van der Waals surface area contributed by atoms with E-state index in [9.17, 15) is 0 Å². The van der Waals surface area contributed by atoms with E-state index in [-0.39, 0.29) is 18.0 Å². The standard InChI is InChI=1S/C7H16O2P2/c1-7(2)8-5(3-10)6(4-11)9-7/h5-6H,3-4,10-11H2,1-2H3. The van der Waals surface area contributed by atoms with Crippen molar-refractivity contribution in [2.75, 3.05) is 12.3 Å². The third-order valence-electron chi connectivity index (χ3n) is 1.75. The summed E-state index contributed by atoms with van der Waals surface area (Å²) in [5.74, 6) is -0.386. The SMILES string of the molecule is CC1(C)OC(CP)C(CP)O1. The predicted octanol–water partition coefficient (Wildman–Crippen LogP) is 1.26. The summed E-state index contributed by atoms with van der Waals surface area (Å²) < 4.78 is 11.3. The van der Waals surface area contributed by atoms with Crippen molar-refractivity contribution >= 4 is 18.5 Å². The summed E-state index contributed by atoms with van der Waals surface area (Å²) in [6.45, 7) is 3.92. The van der Waals surface area contributed by atoms with Gasteiger partial charge in [0.2, 0.25) is 0 Å². The van der Waals surface area contributed by atoms with Crippen molar-refractivity contribution in [2.24, 2.45) is 0 Å². The van der Waals surface area contributed by atoms with Gasteiger partial charge in [-0.3, -0.25) is 0 Å². The van der Waals surface area contributed by atoms with Crippen molar-refractivity contribution in [3.8, 4) is 0 Å². The Labute approximate surface area is 72.8 Å². The maximum Gasteiger partial charge on any atom is 0.163 e. The molecule has 0 N–H and O–H groups in total. The topological polar surface area (TPSA) is 18.5 Å². The summed E-state index contributed by atoms with van der Waals surface area (Å²) in [7, 11) is 5.38. The van der Waals surface area contributed by atoms with Gasteiger partial charge in [0.1, 0.15) is 0 Å². The van der Waals surface area contributed by atoms with Gasteiger partial charge in [0.05, 0.1) is 12.2 Å². The minimum absolute atomic E-state index is 0.243. The lowest BCUT2D eigenvalue weighted by Gasteiger charge is -2.16. The molecule has 66 valence electrons. The average molecular weight is 194 g/mol. The molecular weight excluding hydrogens is 178 g/mol. The van der Waals surface area contributed by atoms with Crippen LogP contribution < -0.4 is 0 Å². The van der Waals surface area contributed by atoms with Gasteiger partial charge in [-0.2, -0.15) is 0 Å². The Hall–Kier alpha value is 0.780. The lowest BCUT2D eigenvalue weighted by Crippen LogP contribution is -2.24. The highest BCUT2D eigenvalue weighted by Gasteiger charge is 2.38. The molecule has 0 aromatic rings. The Morgan fingerprint density at radius 3 is 1.73 bits per heavy atom. The number of hydrogen-bond donors (Lipinski definition) is 0. The first kappa shape index (κ1) is 9.86. The van der Waals surface area contributed by atoms with E-state index in [1.54, 1.807) is 0 Å². The number of ether oxygens (including phenoxy) is 2. The molecule has 0 amide bonds. The molecule has 0 saturated carbocycles. The van der Waals surface area contributed by atoms with Crippen LogP contribution >= 0.6 is 18.5 Å². The highest BCUT2D eigenvalue weighted by Crippen LogP contribution is 2.29. The fourth-order valence-electron chi connectivity index (χ4n) is 1.31. The molecule has 1 rings (SSSR count). The molecule has 11 heavy (non-hydrogen) atoms. The Morgan fingerprint density at radius 2 is 1.45 bits per heavy atom. The molecule has 1 fully saturated rings. The van der Waals surface area contributed by atoms with E-state index in [2.05, 4.69) is 18.5 Å². The van der Waals surface area contributed by atoms with Gasteiger partial charge in [-0.1, -0.05) is 0 Å². The summed E-state index contributed by atoms with van der Waals surface area (Å²) in [6, 6.07) is 0. The molecule has 0 aromatic heterocycles. The van der Waals surface area contributed by atoms with Crippen LogP contribution in [0.4, 0.5) is 0 Å². The zero-order chi connectivity index (χ0) is 8.48. The van der Waals surface area contributed by atoms with Crippen molar-refractivity contribution in [1.82, 2.24) is 0 Å². The molecule has 4 atom stereocenters. The van der Waals surface area contributed by atoms with Gasteiger partial charge in [0.15, 0.2) is 5.79 Å². The summed E-state index contributed by atoms with van der Waals surface area (Å²) in [5, 5.41) is 0. The van der Waals surface area contributed by atoms with Crippen molar-refractivity contribution in [3.05, 3.63) is 0 Å². The van der Waals surface area contributed by atoms with Gasteiger partial charge in [-0.05, 0) is 26.2 Å². The minimum Gasteiger partial charge on any atom is -0.344 e. The second kappa shape index (κ2) is 3.66. The molecule has 4 heteroatoms. The van der Waals surface area contributed by atoms with E-state index in [1.165, 1.54) is 0 Å². The van der Waals surface area contributed by atoms with Crippen LogP contribution in [0.3, 0.4) is 0 Å². The van der Waals surface area contributed by atoms with Crippen LogP contribution in [0.15, 0.2) is 0 Å². The van der Waals surface area contributed by atoms with E-state index in [4.69, 9.17) is 9.47 Å². The molecule has 0 aliphatic carbocycles. The fourth-order valence-corrected chi connectivity index (χ4v) is 2.11. The van der Waals surface area contributed by atoms with E-state index in [1.807, 2.05) is 13.8 Å². The van der Waals surface area contributed by atoms with E-state index in [0.29, 0.717) is 0 Å². The molecule has 4 unspecified atom stereocenters. The third kappa shape index (κ3) is 2.36. The zero-order valence-corrected chi connectivity index (χ0v) is 9.35. The van der Waals surface area contributed by atoms with Crippen molar-refractivity contribution in [2.45, 2.75) is 31.8 Å². The highest BCUT2D eigenvalue weighted by atomic mass is 31.0. The Bertz CT molecular complexity index is 124. The maximum atomic E-state index is 5.65. The van der Waals surface area contributed by atoms with Gasteiger partial charge < -0.3 is 9.47 Å². The minimum atomic E-state index is -0.386. The van der Waals surface area contributed by atoms with E-state index >= 15 is 0 Å². The fraction of sp³-hybridized carbons (Fsp3) is 1.00. The summed E-state index contributed by atoms with van der Waals surface area (Å²) in [4.78, 5) is 0. The van der Waals surface area contributed by atoms with Gasteiger partial charge in [0.25, 0.3) is 0 Å². The lowest BCUT2D eigenvalue weighted by molar-refractivity contribution is -0.142. The summed E-state index contributed by atoms with van der Waals surface area (Å²) >= 11 is 0. The number of rotatable bonds is 2. The quantitative estimate of drug-likeness (QED) is 0.616. The summed E-state index contributed by atoms with van der Waals surface area (Å²) in [6.07, 6.45) is 2.38. The summed E-state index contributed by atoms with van der Waals surface area (Å²) in [5.41, 5.74) is 0. The van der Waals surface area contributed by atoms with Crippen LogP contribution in [0.25, 0.3) is 0 Å². The van der Waals surface area contributed by atoms with Crippen molar-refractivity contribution < 1.29 is 9.47 Å². The van der Waals surface area contributed by atoms with E-state index in [0.717, 1.165) is 12.3 Å². The van der Waals surface area contributed by atoms with Gasteiger partial charge in [0, 0.05) is 0 Å². The normalized spacial score (nSPS) is 36.0. The first-order valence-electron chi connectivity index (χ1n) is 3.85. The second-order valence-electron chi connectivity index (χ2n) is 3.18. The molecule has 1 aliphatic rings. The van der Waals surface area contributed by atoms with Crippen LogP contribution in [0.1, 0.15) is 13.8 Å². The second-order valence-corrected chi connectivity index (χ2v) is 4.13. The number of hydrogen-bond acceptors (Lipinski definition) is 2. The molecular formula is C7H16O2P2. The molecule has 2 nitrogen and oxygen atoms in total. The molecule has 0 spiro atoms. The van der Waals surface area contributed by atoms with Crippen LogP contribution in [0.2, 0.25) is 0 Å². The molecule has 0 bridgehead atoms. The van der Waals surface area contributed by atoms with Crippen LogP contribution in [0.5, 0.6) is 0 Å². The molecule has 1 aliphatic heterocycles. The lowest BCUT2D eigenvalue weighted by atomic mass is 10.3. The average Bonchev–Trinajstić information content (AvgIpc) is 2.25. The van der Waals surface area contributed by atoms with E-state index < -0.39 is 0 Å². The Kier molecular flexibility index (Phi) is 3.28. The first-order valence-corrected chi connectivity index (χ1v) is 5.48. The zero-order valence-electron chi connectivity index (χ0n) is 7.04. The molecule has 0 aromatic carbocycles. The van der Waals surface area contributed by atoms with Crippen LogP contribution in [-0.4, -0.2) is 30.3 Å². The first-order chi connectivity index (χ1) is 5.09. The molecule has 0 radical (unpaired) electrons. The smallest absolute Gasteiger partial charge is 0.163 e. The molecule has 1 saturated heterocycles. The van der Waals surface area contributed by atoms with Crippen molar-refractivity contribution in [1.29, 1.82) is 0 Å². The Balaban J connectivity index is 2.55. The highest BCUT2D eigenvalue weighted by molar-refractivity contribution is 7.17. The van der Waals surface area contributed by atoms with Crippen LogP contribution in [-0.2, 0) is 9.47 Å². The van der Waals surface area contributed by atoms with Gasteiger partial charge in [-0.25, -0.2) is 0 Å². The van der Waals surface area contributed by atoms with Crippen LogP contribution in [0, 0.1) is 0 Å². The Morgan fingerprint density at radius 1 is 1.09 bits per heavy atom. The molecule has 1 heterocycles. The monoisotopic (exact) mass is 194 g/mol. The van der Waals surface area contributed by atoms with Crippen molar-refractivity contribution in [3.63, 3.8) is 0 Å². The van der Waals surface area contributed by atoms with Gasteiger partial charge >= 0.3 is 0 Å². The predicted molar refractivity (Wildman–Crippen MR) is 53.0 cm³/mol. The third-order valence-corrected chi connectivity index (χ3v) is 2.68. The maximum absolute atomic E-state index is 5.65.